The monoisotopic (exact) mass is 356 g/mol. The summed E-state index contributed by atoms with van der Waals surface area (Å²) in [4.78, 5) is 25.8. The summed E-state index contributed by atoms with van der Waals surface area (Å²) >= 11 is 1.17. The van der Waals surface area contributed by atoms with E-state index in [2.05, 4.69) is 0 Å². The Morgan fingerprint density at radius 1 is 1.17 bits per heavy atom. The summed E-state index contributed by atoms with van der Waals surface area (Å²) in [6.45, 7) is 1.19. The van der Waals surface area contributed by atoms with Crippen LogP contribution in [0.2, 0.25) is 0 Å². The van der Waals surface area contributed by atoms with Crippen LogP contribution in [0.3, 0.4) is 0 Å². The molecule has 0 saturated carbocycles. The third-order valence-corrected chi connectivity index (χ3v) is 7.71. The largest absolute Gasteiger partial charge is 0.340 e. The van der Waals surface area contributed by atoms with Crippen molar-refractivity contribution in [3.05, 3.63) is 17.5 Å². The van der Waals surface area contributed by atoms with Gasteiger partial charge in [-0.3, -0.25) is 9.59 Å². The lowest BCUT2D eigenvalue weighted by Gasteiger charge is -2.37. The minimum atomic E-state index is -3.62. The van der Waals surface area contributed by atoms with Crippen molar-refractivity contribution in [1.29, 1.82) is 0 Å². The number of carbonyl (C=O) groups is 2. The zero-order valence-corrected chi connectivity index (χ0v) is 14.4. The van der Waals surface area contributed by atoms with Crippen LogP contribution in [0.25, 0.3) is 0 Å². The quantitative estimate of drug-likeness (QED) is 0.822. The molecule has 1 atom stereocenters. The molecule has 3 rings (SSSR count). The van der Waals surface area contributed by atoms with E-state index in [0.717, 1.165) is 12.8 Å². The summed E-state index contributed by atoms with van der Waals surface area (Å²) in [6.07, 6.45) is 2.91. The lowest BCUT2D eigenvalue weighted by molar-refractivity contribution is -0.138. The zero-order chi connectivity index (χ0) is 16.4. The number of hydrogen-bond donors (Lipinski definition) is 0. The molecular formula is C15H20N2O4S2. The van der Waals surface area contributed by atoms with Crippen molar-refractivity contribution >= 4 is 33.1 Å². The number of Topliss-reactive ketones (excluding diaryl/α,β-unsaturated/α-hetero) is 1. The minimum Gasteiger partial charge on any atom is -0.340 e. The molecule has 1 unspecified atom stereocenters. The number of amides is 1. The summed E-state index contributed by atoms with van der Waals surface area (Å²) in [5.41, 5.74) is 0. The molecule has 2 saturated heterocycles. The van der Waals surface area contributed by atoms with Crippen LogP contribution in [0.15, 0.2) is 21.7 Å². The van der Waals surface area contributed by atoms with Gasteiger partial charge in [-0.2, -0.15) is 4.31 Å². The molecule has 126 valence electrons. The lowest BCUT2D eigenvalue weighted by Crippen LogP contribution is -2.54. The summed E-state index contributed by atoms with van der Waals surface area (Å²) < 4.78 is 27.3. The van der Waals surface area contributed by atoms with Gasteiger partial charge < -0.3 is 4.90 Å². The molecule has 2 fully saturated rings. The number of thiophene rings is 1. The highest BCUT2D eigenvalue weighted by Gasteiger charge is 2.40. The molecule has 0 aliphatic carbocycles. The minimum absolute atomic E-state index is 0.155. The van der Waals surface area contributed by atoms with Crippen LogP contribution in [0, 0.1) is 0 Å². The number of carbonyl (C=O) groups excluding carboxylic acids is 2. The van der Waals surface area contributed by atoms with Crippen molar-refractivity contribution in [2.75, 3.05) is 19.6 Å². The van der Waals surface area contributed by atoms with Gasteiger partial charge in [0.2, 0.25) is 5.91 Å². The maximum absolute atomic E-state index is 12.8. The predicted octanol–water partition coefficient (Wildman–Crippen LogP) is 1.48. The van der Waals surface area contributed by atoms with Gasteiger partial charge in [-0.15, -0.1) is 11.3 Å². The molecule has 8 heteroatoms. The zero-order valence-electron chi connectivity index (χ0n) is 12.8. The first kappa shape index (κ1) is 16.6. The van der Waals surface area contributed by atoms with Crippen LogP contribution in [0.4, 0.5) is 0 Å². The third-order valence-electron chi connectivity index (χ3n) is 4.43. The number of nitrogens with zero attached hydrogens (tertiary/aromatic N) is 2. The van der Waals surface area contributed by atoms with Gasteiger partial charge in [0.05, 0.1) is 0 Å². The highest BCUT2D eigenvalue weighted by molar-refractivity contribution is 7.91. The van der Waals surface area contributed by atoms with Gasteiger partial charge >= 0.3 is 0 Å². The number of likely N-dealkylation sites (tertiary alicyclic amines) is 1. The van der Waals surface area contributed by atoms with Crippen molar-refractivity contribution in [3.8, 4) is 0 Å². The maximum Gasteiger partial charge on any atom is 0.253 e. The normalized spacial score (nSPS) is 23.9. The average Bonchev–Trinajstić information content (AvgIpc) is 3.10. The molecule has 1 aromatic heterocycles. The molecule has 2 aliphatic heterocycles. The SMILES string of the molecule is O=C1CCN(C(=O)C2CCCCN2S(=O)(=O)c2cccs2)CC1. The van der Waals surface area contributed by atoms with E-state index in [9.17, 15) is 18.0 Å². The van der Waals surface area contributed by atoms with Crippen molar-refractivity contribution in [2.24, 2.45) is 0 Å². The second kappa shape index (κ2) is 6.70. The fourth-order valence-electron chi connectivity index (χ4n) is 3.15. The summed E-state index contributed by atoms with van der Waals surface area (Å²) in [5.74, 6) is 0.0121. The molecular weight excluding hydrogens is 336 g/mol. The smallest absolute Gasteiger partial charge is 0.253 e. The molecule has 0 spiro atoms. The molecule has 3 heterocycles. The van der Waals surface area contributed by atoms with Crippen molar-refractivity contribution in [3.63, 3.8) is 0 Å². The topological polar surface area (TPSA) is 74.8 Å². The average molecular weight is 356 g/mol. The molecule has 1 aromatic rings. The molecule has 0 aromatic carbocycles. The van der Waals surface area contributed by atoms with Crippen LogP contribution >= 0.6 is 11.3 Å². The highest BCUT2D eigenvalue weighted by atomic mass is 32.2. The fraction of sp³-hybridized carbons (Fsp3) is 0.600. The van der Waals surface area contributed by atoms with Gasteiger partial charge in [-0.05, 0) is 24.3 Å². The molecule has 0 N–H and O–H groups in total. The van der Waals surface area contributed by atoms with E-state index in [0.29, 0.717) is 38.9 Å². The molecule has 1 amide bonds. The summed E-state index contributed by atoms with van der Waals surface area (Å²) in [7, 11) is -3.62. The Hall–Kier alpha value is -1.25. The van der Waals surface area contributed by atoms with Crippen LogP contribution < -0.4 is 0 Å². The second-order valence-electron chi connectivity index (χ2n) is 5.92. The number of sulfonamides is 1. The number of rotatable bonds is 3. The Bertz CT molecular complexity index is 674. The van der Waals surface area contributed by atoms with Crippen LogP contribution in [-0.2, 0) is 19.6 Å². The molecule has 23 heavy (non-hydrogen) atoms. The Morgan fingerprint density at radius 3 is 2.57 bits per heavy atom. The standard InChI is InChI=1S/C15H20N2O4S2/c18-12-6-9-16(10-7-12)15(19)13-4-1-2-8-17(13)23(20,21)14-5-3-11-22-14/h3,5,11,13H,1-2,4,6-10H2. The van der Waals surface area contributed by atoms with Crippen molar-refractivity contribution in [1.82, 2.24) is 9.21 Å². The van der Waals surface area contributed by atoms with E-state index in [1.807, 2.05) is 0 Å². The van der Waals surface area contributed by atoms with Gasteiger partial charge in [-0.1, -0.05) is 12.5 Å². The van der Waals surface area contributed by atoms with Gasteiger partial charge in [-0.25, -0.2) is 8.42 Å². The Labute approximate surface area is 140 Å². The first-order valence-corrected chi connectivity index (χ1v) is 10.2. The molecule has 0 bridgehead atoms. The number of ketones is 1. The van der Waals surface area contributed by atoms with Crippen LogP contribution in [0.1, 0.15) is 32.1 Å². The second-order valence-corrected chi connectivity index (χ2v) is 8.99. The number of hydrogen-bond acceptors (Lipinski definition) is 5. The number of piperidine rings is 2. The Kier molecular flexibility index (Phi) is 4.84. The maximum atomic E-state index is 12.8. The molecule has 2 aliphatic rings. The van der Waals surface area contributed by atoms with E-state index in [-0.39, 0.29) is 15.9 Å². The van der Waals surface area contributed by atoms with Crippen molar-refractivity contribution in [2.45, 2.75) is 42.4 Å². The predicted molar refractivity (Wildman–Crippen MR) is 86.7 cm³/mol. The molecule has 6 nitrogen and oxygen atoms in total. The van der Waals surface area contributed by atoms with Crippen LogP contribution in [-0.4, -0.2) is 55.0 Å². The highest BCUT2D eigenvalue weighted by Crippen LogP contribution is 2.29. The first-order chi connectivity index (χ1) is 11.0. The van der Waals surface area contributed by atoms with Gasteiger partial charge in [0.25, 0.3) is 10.0 Å². The van der Waals surface area contributed by atoms with Gasteiger partial charge in [0.15, 0.2) is 0 Å². The Morgan fingerprint density at radius 2 is 1.91 bits per heavy atom. The van der Waals surface area contributed by atoms with E-state index < -0.39 is 16.1 Å². The lowest BCUT2D eigenvalue weighted by atomic mass is 10.0. The van der Waals surface area contributed by atoms with Crippen molar-refractivity contribution < 1.29 is 18.0 Å². The van der Waals surface area contributed by atoms with E-state index in [4.69, 9.17) is 0 Å². The summed E-state index contributed by atoms with van der Waals surface area (Å²) in [5, 5.41) is 1.73. The van der Waals surface area contributed by atoms with E-state index >= 15 is 0 Å². The van der Waals surface area contributed by atoms with Gasteiger partial charge in [0, 0.05) is 32.5 Å². The summed E-state index contributed by atoms with van der Waals surface area (Å²) in [6, 6.07) is 2.65. The fourth-order valence-corrected chi connectivity index (χ4v) is 5.92. The first-order valence-electron chi connectivity index (χ1n) is 7.86. The van der Waals surface area contributed by atoms with E-state index in [1.165, 1.54) is 15.6 Å². The molecule has 0 radical (unpaired) electrons. The van der Waals surface area contributed by atoms with Gasteiger partial charge in [0.1, 0.15) is 16.0 Å². The van der Waals surface area contributed by atoms with Crippen LogP contribution in [0.5, 0.6) is 0 Å². The third kappa shape index (κ3) is 3.34. The van der Waals surface area contributed by atoms with E-state index in [1.54, 1.807) is 22.4 Å². The Balaban J connectivity index is 1.81.